The highest BCUT2D eigenvalue weighted by Crippen LogP contribution is 2.15. The van der Waals surface area contributed by atoms with Gasteiger partial charge in [-0.3, -0.25) is 48.1 Å². The molecule has 2 heterocycles. The highest BCUT2D eigenvalue weighted by molar-refractivity contribution is 5.98. The molecule has 0 aliphatic heterocycles. The van der Waals surface area contributed by atoms with Crippen LogP contribution in [0.4, 0.5) is 0 Å². The quantitative estimate of drug-likeness (QED) is 0.0150. The van der Waals surface area contributed by atoms with E-state index < -0.39 is 126 Å². The Hall–Kier alpha value is -8.67. The Labute approximate surface area is 461 Å². The molecule has 2 aromatic heterocycles. The number of amides is 9. The van der Waals surface area contributed by atoms with Crippen LogP contribution in [0, 0.1) is 11.8 Å². The van der Waals surface area contributed by atoms with Crippen LogP contribution in [0.15, 0.2) is 54.3 Å². The number of phenols is 1. The highest BCUT2D eigenvalue weighted by atomic mass is 16.4. The number of primary amides is 1. The first-order valence-corrected chi connectivity index (χ1v) is 25.9. The van der Waals surface area contributed by atoms with Crippen molar-refractivity contribution >= 4 is 65.1 Å². The second kappa shape index (κ2) is 32.9. The number of carboxylic acid groups (broad SMARTS) is 1. The maximum absolute atomic E-state index is 14.5. The van der Waals surface area contributed by atoms with Gasteiger partial charge in [-0.25, -0.2) is 14.8 Å². The molecule has 1 aromatic carbocycles. The molecule has 0 spiro atoms. The first kappa shape index (κ1) is 65.6. The van der Waals surface area contributed by atoms with Crippen molar-refractivity contribution in [3.8, 4) is 5.75 Å². The van der Waals surface area contributed by atoms with Gasteiger partial charge >= 0.3 is 5.97 Å². The smallest absolute Gasteiger partial charge is 0.326 e. The molecule has 10 atom stereocenters. The second-order valence-corrected chi connectivity index (χ2v) is 19.6. The molecule has 440 valence electrons. The number of hydrogen-bond acceptors (Lipinski definition) is 16. The number of H-pyrrole nitrogens is 2. The Morgan fingerprint density at radius 3 is 1.66 bits per heavy atom. The molecule has 30 nitrogen and oxygen atoms in total. The summed E-state index contributed by atoms with van der Waals surface area (Å²) in [5, 5.41) is 50.5. The number of nitrogens with one attached hydrogen (secondary N) is 10. The number of aromatic amines is 2. The molecular weight excluding hydrogens is 1050 g/mol. The lowest BCUT2D eigenvalue weighted by Crippen LogP contribution is -2.62. The van der Waals surface area contributed by atoms with Crippen LogP contribution in [0.5, 0.6) is 5.75 Å². The maximum atomic E-state index is 14.5. The lowest BCUT2D eigenvalue weighted by atomic mass is 9.96. The number of guanidine groups is 1. The zero-order valence-electron chi connectivity index (χ0n) is 45.3. The number of aliphatic hydroxyl groups is 1. The molecule has 0 saturated carbocycles. The Morgan fingerprint density at radius 2 is 1.15 bits per heavy atom. The van der Waals surface area contributed by atoms with Crippen LogP contribution in [-0.4, -0.2) is 168 Å². The summed E-state index contributed by atoms with van der Waals surface area (Å²) < 4.78 is 0. The summed E-state index contributed by atoms with van der Waals surface area (Å²) >= 11 is 0. The van der Waals surface area contributed by atoms with Crippen molar-refractivity contribution in [2.45, 2.75) is 147 Å². The summed E-state index contributed by atoms with van der Waals surface area (Å²) in [7, 11) is 0. The molecule has 0 unspecified atom stereocenters. The minimum absolute atomic E-state index is 0.0154. The zero-order valence-corrected chi connectivity index (χ0v) is 45.3. The van der Waals surface area contributed by atoms with Crippen molar-refractivity contribution < 1.29 is 63.3 Å². The van der Waals surface area contributed by atoms with Gasteiger partial charge in [-0.15, -0.1) is 0 Å². The number of nitrogens with zero attached hydrogens (tertiary/aromatic N) is 3. The normalized spacial score (nSPS) is 14.8. The van der Waals surface area contributed by atoms with Gasteiger partial charge in [-0.1, -0.05) is 46.2 Å². The Bertz CT molecular complexity index is 2560. The van der Waals surface area contributed by atoms with Crippen molar-refractivity contribution in [1.82, 2.24) is 62.5 Å². The van der Waals surface area contributed by atoms with E-state index in [1.807, 2.05) is 0 Å². The van der Waals surface area contributed by atoms with Gasteiger partial charge in [0.25, 0.3) is 0 Å². The van der Waals surface area contributed by atoms with Gasteiger partial charge < -0.3 is 90.8 Å². The molecule has 0 aliphatic rings. The number of hydrogen-bond donors (Lipinski definition) is 17. The molecule has 0 saturated heterocycles. The third-order valence-corrected chi connectivity index (χ3v) is 12.5. The number of carbonyl (C=O) groups excluding carboxylic acids is 9. The van der Waals surface area contributed by atoms with Crippen molar-refractivity contribution in [2.75, 3.05) is 13.1 Å². The largest absolute Gasteiger partial charge is 0.508 e. The summed E-state index contributed by atoms with van der Waals surface area (Å²) in [6.45, 7) is 7.43. The Balaban J connectivity index is 1.91. The Morgan fingerprint density at radius 1 is 0.637 bits per heavy atom. The number of carbonyl (C=O) groups is 10. The minimum atomic E-state index is -1.78. The number of aliphatic imine (C=N–C) groups is 1. The monoisotopic (exact) mass is 1120 g/mol. The van der Waals surface area contributed by atoms with Gasteiger partial charge in [-0.2, -0.15) is 0 Å². The van der Waals surface area contributed by atoms with E-state index in [2.05, 4.69) is 67.5 Å². The van der Waals surface area contributed by atoms with E-state index in [9.17, 15) is 63.3 Å². The highest BCUT2D eigenvalue weighted by Gasteiger charge is 2.37. The standard InChI is InChI=1S/C50H77N17O13/c1-6-26(4)40(66-44(74)33(8-7-15-57-50(53)54)62-45(75)34(17-28-9-11-31(69)12-10-28)63-42(72)32(51)13-14-38(52)70)47(77)65-36(19-30-21-56-24-60-30)46(76)67-41(27(5)68)48(78)64-35(18-29-20-55-23-59-29)43(73)58-22-39(71)61-37(49(79)80)16-25(2)3/h9-12,20-21,23-27,32-37,40-41,68-69H,6-8,13-19,22,51H2,1-5H3,(H2,52,70)(H,55,59)(H,56,60)(H,58,73)(H,61,71)(H,62,75)(H,63,72)(H,64,78)(H,65,77)(H,66,74)(H,67,76)(H,79,80)(H4,53,54,57)/t26-,27+,32-,33-,34-,35-,36-,37-,40-,41-/m0/s1. The van der Waals surface area contributed by atoms with E-state index in [1.165, 1.54) is 56.2 Å². The molecule has 30 heteroatoms. The number of aromatic hydroxyl groups is 1. The number of aliphatic hydroxyl groups excluding tert-OH is 1. The Kier molecular flexibility index (Phi) is 27.0. The molecule has 3 aromatic rings. The number of imidazole rings is 2. The van der Waals surface area contributed by atoms with E-state index in [0.717, 1.165) is 0 Å². The predicted molar refractivity (Wildman–Crippen MR) is 287 cm³/mol. The van der Waals surface area contributed by atoms with Crippen molar-refractivity contribution in [3.05, 3.63) is 66.3 Å². The number of nitrogens with two attached hydrogens (primary N) is 4. The van der Waals surface area contributed by atoms with Gasteiger partial charge in [-0.05, 0) is 62.1 Å². The molecule has 9 amide bonds. The first-order valence-electron chi connectivity index (χ1n) is 25.9. The summed E-state index contributed by atoms with van der Waals surface area (Å²) in [5.41, 5.74) is 23.5. The molecular formula is C50H77N17O13. The predicted octanol–water partition coefficient (Wildman–Crippen LogP) is -4.42. The molecule has 3 rings (SSSR count). The average Bonchev–Trinajstić information content (AvgIpc) is 4.13. The van der Waals surface area contributed by atoms with Crippen molar-refractivity contribution in [1.29, 1.82) is 0 Å². The van der Waals surface area contributed by atoms with Crippen LogP contribution >= 0.6 is 0 Å². The molecule has 0 aliphatic carbocycles. The van der Waals surface area contributed by atoms with E-state index >= 15 is 0 Å². The summed E-state index contributed by atoms with van der Waals surface area (Å²) in [4.78, 5) is 152. The summed E-state index contributed by atoms with van der Waals surface area (Å²) in [5.74, 6) is -10.3. The molecule has 0 radical (unpaired) electrons. The number of aromatic nitrogens is 4. The number of phenolic OH excluding ortho intramolecular Hbond substituents is 1. The fourth-order valence-electron chi connectivity index (χ4n) is 7.85. The average molecular weight is 1120 g/mol. The minimum Gasteiger partial charge on any atom is -0.508 e. The van der Waals surface area contributed by atoms with Crippen LogP contribution in [-0.2, 0) is 67.2 Å². The van der Waals surface area contributed by atoms with Gasteiger partial charge in [0.05, 0.1) is 31.3 Å². The second-order valence-electron chi connectivity index (χ2n) is 19.6. The van der Waals surface area contributed by atoms with Gasteiger partial charge in [0, 0.05) is 56.0 Å². The third-order valence-electron chi connectivity index (χ3n) is 12.5. The van der Waals surface area contributed by atoms with Crippen molar-refractivity contribution in [3.63, 3.8) is 0 Å². The summed E-state index contributed by atoms with van der Waals surface area (Å²) in [6.07, 6.45) is 3.13. The van der Waals surface area contributed by atoms with E-state index in [0.29, 0.717) is 17.0 Å². The zero-order chi connectivity index (χ0) is 59.6. The lowest BCUT2D eigenvalue weighted by molar-refractivity contribution is -0.142. The topological polar surface area (TPSA) is 501 Å². The first-order chi connectivity index (χ1) is 37.8. The molecule has 0 fully saturated rings. The SMILES string of the molecule is CC[C@H](C)[C@H](NC(=O)[C@H](CCCN=C(N)N)NC(=O)[C@H](Cc1ccc(O)cc1)NC(=O)[C@@H](N)CCC(N)=O)C(=O)N[C@@H](Cc1cnc[nH]1)C(=O)N[C@H](C(=O)N[C@@H](Cc1cnc[nH]1)C(=O)NCC(=O)N[C@@H](CC(C)C)C(=O)O)[C@@H](C)O. The number of rotatable bonds is 35. The number of carboxylic acids is 1. The van der Waals surface area contributed by atoms with Crippen LogP contribution in [0.25, 0.3) is 0 Å². The molecule has 0 bridgehead atoms. The molecule has 80 heavy (non-hydrogen) atoms. The number of aliphatic carboxylic acids is 1. The van der Waals surface area contributed by atoms with E-state index in [4.69, 9.17) is 22.9 Å². The van der Waals surface area contributed by atoms with E-state index in [-0.39, 0.29) is 82.0 Å². The van der Waals surface area contributed by atoms with Gasteiger partial charge in [0.1, 0.15) is 48.0 Å². The fourth-order valence-corrected chi connectivity index (χ4v) is 7.85. The van der Waals surface area contributed by atoms with Crippen LogP contribution in [0.1, 0.15) is 90.1 Å². The van der Waals surface area contributed by atoms with Gasteiger partial charge in [0.15, 0.2) is 5.96 Å². The third kappa shape index (κ3) is 23.1. The lowest BCUT2D eigenvalue weighted by Gasteiger charge is -2.30. The fraction of sp³-hybridized carbons (Fsp3) is 0.540. The number of benzene rings is 1. The van der Waals surface area contributed by atoms with Crippen LogP contribution in [0.3, 0.4) is 0 Å². The van der Waals surface area contributed by atoms with Gasteiger partial charge in [0.2, 0.25) is 53.2 Å². The maximum Gasteiger partial charge on any atom is 0.326 e. The van der Waals surface area contributed by atoms with E-state index in [1.54, 1.807) is 27.7 Å². The van der Waals surface area contributed by atoms with Crippen molar-refractivity contribution in [2.24, 2.45) is 39.8 Å². The van der Waals surface area contributed by atoms with Crippen LogP contribution in [0.2, 0.25) is 0 Å². The summed E-state index contributed by atoms with van der Waals surface area (Å²) in [6, 6.07) is -5.72. The van der Waals surface area contributed by atoms with Crippen LogP contribution < -0.4 is 65.5 Å². The molecule has 21 N–H and O–H groups in total.